The van der Waals surface area contributed by atoms with Crippen LogP contribution in [0.3, 0.4) is 0 Å². The Morgan fingerprint density at radius 3 is 2.65 bits per heavy atom. The maximum atomic E-state index is 14.4. The van der Waals surface area contributed by atoms with E-state index in [9.17, 15) is 22.3 Å². The Bertz CT molecular complexity index is 804. The maximum absolute atomic E-state index is 14.4. The fraction of sp³-hybridized carbons (Fsp3) is 0.333. The molecule has 1 aliphatic rings. The quantitative estimate of drug-likeness (QED) is 0.644. The minimum absolute atomic E-state index is 0.257. The Labute approximate surface area is 152 Å². The highest BCUT2D eigenvalue weighted by Crippen LogP contribution is 2.61. The molecular formula is C18H21F3N2O2S. The zero-order chi connectivity index (χ0) is 18.9. The zero-order valence-corrected chi connectivity index (χ0v) is 15.1. The van der Waals surface area contributed by atoms with Crippen LogP contribution in [0.4, 0.5) is 24.5 Å². The Hall–Kier alpha value is -1.74. The third-order valence-corrected chi connectivity index (χ3v) is 6.75. The van der Waals surface area contributed by atoms with Gasteiger partial charge in [0.05, 0.1) is 10.9 Å². The van der Waals surface area contributed by atoms with Gasteiger partial charge in [0.25, 0.3) is 0 Å². The number of nitrogens with one attached hydrogen (secondary N) is 1. The van der Waals surface area contributed by atoms with Crippen LogP contribution in [-0.4, -0.2) is 27.9 Å². The number of rotatable bonds is 5. The van der Waals surface area contributed by atoms with Gasteiger partial charge in [-0.25, -0.2) is 17.5 Å². The molecule has 26 heavy (non-hydrogen) atoms. The third kappa shape index (κ3) is 3.42. The molecule has 0 radical (unpaired) electrons. The Morgan fingerprint density at radius 1 is 1.15 bits per heavy atom. The van der Waals surface area contributed by atoms with Gasteiger partial charge in [-0.3, -0.25) is 9.11 Å². The van der Waals surface area contributed by atoms with Gasteiger partial charge < -0.3 is 5.32 Å². The smallest absolute Gasteiger partial charge is 0.184 e. The number of anilines is 2. The van der Waals surface area contributed by atoms with Crippen molar-refractivity contribution in [3.63, 3.8) is 0 Å². The Morgan fingerprint density at radius 2 is 1.92 bits per heavy atom. The van der Waals surface area contributed by atoms with Gasteiger partial charge in [0.2, 0.25) is 0 Å². The molecule has 0 saturated heterocycles. The van der Waals surface area contributed by atoms with Gasteiger partial charge in [0.1, 0.15) is 11.5 Å². The van der Waals surface area contributed by atoms with E-state index in [1.54, 1.807) is 7.05 Å². The molecule has 8 heteroatoms. The molecule has 142 valence electrons. The summed E-state index contributed by atoms with van der Waals surface area (Å²) in [5.41, 5.74) is 0.547. The molecule has 1 unspecified atom stereocenters. The van der Waals surface area contributed by atoms with Crippen molar-refractivity contribution in [2.75, 3.05) is 17.9 Å². The van der Waals surface area contributed by atoms with Crippen molar-refractivity contribution in [3.8, 4) is 0 Å². The van der Waals surface area contributed by atoms with Crippen molar-refractivity contribution in [1.82, 2.24) is 5.32 Å². The number of benzene rings is 2. The molecule has 0 fully saturated rings. The molecular weight excluding hydrogens is 365 g/mol. The van der Waals surface area contributed by atoms with E-state index in [4.69, 9.17) is 0 Å². The maximum Gasteiger partial charge on any atom is 0.184 e. The summed E-state index contributed by atoms with van der Waals surface area (Å²) in [6.07, 6.45) is 1.38. The predicted octanol–water partition coefficient (Wildman–Crippen LogP) is 4.83. The van der Waals surface area contributed by atoms with Gasteiger partial charge in [-0.2, -0.15) is 0 Å². The lowest BCUT2D eigenvalue weighted by molar-refractivity contribution is 0.451. The summed E-state index contributed by atoms with van der Waals surface area (Å²) >= 11 is 0. The first-order chi connectivity index (χ1) is 12.4. The SMILES string of the molecule is CNCCCC1Cc2cc(F)ccc2N(c2cccc(F)c2F)S1(O)O. The summed E-state index contributed by atoms with van der Waals surface area (Å²) < 4.78 is 64.8. The van der Waals surface area contributed by atoms with Crippen LogP contribution in [0.25, 0.3) is 0 Å². The van der Waals surface area contributed by atoms with Gasteiger partial charge >= 0.3 is 0 Å². The van der Waals surface area contributed by atoms with Crippen molar-refractivity contribution in [2.24, 2.45) is 0 Å². The highest BCUT2D eigenvalue weighted by Gasteiger charge is 2.40. The normalized spacial score (nSPS) is 19.9. The number of hydrogen-bond donors (Lipinski definition) is 3. The molecule has 0 saturated carbocycles. The van der Waals surface area contributed by atoms with Crippen molar-refractivity contribution < 1.29 is 22.3 Å². The summed E-state index contributed by atoms with van der Waals surface area (Å²) in [5.74, 6) is -2.71. The van der Waals surface area contributed by atoms with E-state index in [2.05, 4.69) is 5.32 Å². The molecule has 3 rings (SSSR count). The summed E-state index contributed by atoms with van der Waals surface area (Å²) in [6.45, 7) is 0.677. The molecule has 1 atom stereocenters. The van der Waals surface area contributed by atoms with Crippen LogP contribution >= 0.6 is 10.8 Å². The topological polar surface area (TPSA) is 55.7 Å². The van der Waals surface area contributed by atoms with E-state index < -0.39 is 33.5 Å². The molecule has 4 nitrogen and oxygen atoms in total. The zero-order valence-electron chi connectivity index (χ0n) is 14.3. The molecule has 1 heterocycles. The van der Waals surface area contributed by atoms with Gasteiger partial charge in [0.15, 0.2) is 11.6 Å². The van der Waals surface area contributed by atoms with Gasteiger partial charge in [-0.1, -0.05) is 6.07 Å². The van der Waals surface area contributed by atoms with Gasteiger partial charge in [0, 0.05) is 0 Å². The van der Waals surface area contributed by atoms with Crippen LogP contribution < -0.4 is 9.62 Å². The monoisotopic (exact) mass is 386 g/mol. The first-order valence-electron chi connectivity index (χ1n) is 8.30. The third-order valence-electron chi connectivity index (χ3n) is 4.53. The van der Waals surface area contributed by atoms with Crippen LogP contribution in [0.1, 0.15) is 18.4 Å². The molecule has 3 N–H and O–H groups in total. The molecule has 0 bridgehead atoms. The molecule has 2 aromatic rings. The lowest BCUT2D eigenvalue weighted by Crippen LogP contribution is -2.38. The highest BCUT2D eigenvalue weighted by molar-refractivity contribution is 8.26. The van der Waals surface area contributed by atoms with Crippen LogP contribution in [0.15, 0.2) is 36.4 Å². The minimum Gasteiger partial charge on any atom is -0.320 e. The summed E-state index contributed by atoms with van der Waals surface area (Å²) in [6, 6.07) is 7.39. The van der Waals surface area contributed by atoms with Crippen LogP contribution in [0.2, 0.25) is 0 Å². The van der Waals surface area contributed by atoms with E-state index in [0.717, 1.165) is 10.4 Å². The fourth-order valence-corrected chi connectivity index (χ4v) is 5.34. The van der Waals surface area contributed by atoms with Crippen LogP contribution in [0, 0.1) is 17.5 Å². The second-order valence-corrected chi connectivity index (χ2v) is 8.43. The lowest BCUT2D eigenvalue weighted by atomic mass is 10.0. The number of nitrogens with zero attached hydrogens (tertiary/aromatic N) is 1. The summed E-state index contributed by atoms with van der Waals surface area (Å²) in [5, 5.41) is 2.37. The van der Waals surface area contributed by atoms with Crippen molar-refractivity contribution in [3.05, 3.63) is 59.4 Å². The van der Waals surface area contributed by atoms with Crippen molar-refractivity contribution in [2.45, 2.75) is 24.5 Å². The summed E-state index contributed by atoms with van der Waals surface area (Å²) in [7, 11) is -1.70. The van der Waals surface area contributed by atoms with Gasteiger partial charge in [-0.15, -0.1) is 10.8 Å². The number of halogens is 3. The number of hydrogen-bond acceptors (Lipinski definition) is 4. The van der Waals surface area contributed by atoms with Crippen LogP contribution in [0.5, 0.6) is 0 Å². The first kappa shape index (κ1) is 19.0. The minimum atomic E-state index is -3.49. The average Bonchev–Trinajstić information content (AvgIpc) is 2.59. The van der Waals surface area contributed by atoms with E-state index in [0.29, 0.717) is 24.9 Å². The van der Waals surface area contributed by atoms with Crippen LogP contribution in [-0.2, 0) is 6.42 Å². The van der Waals surface area contributed by atoms with E-state index in [-0.39, 0.29) is 17.8 Å². The summed E-state index contributed by atoms with van der Waals surface area (Å²) in [4.78, 5) is 0. The molecule has 0 spiro atoms. The molecule has 1 aliphatic heterocycles. The Balaban J connectivity index is 2.11. The first-order valence-corrected chi connectivity index (χ1v) is 9.87. The van der Waals surface area contributed by atoms with Crippen molar-refractivity contribution >= 4 is 22.2 Å². The van der Waals surface area contributed by atoms with E-state index in [1.807, 2.05) is 0 Å². The molecule has 0 aliphatic carbocycles. The van der Waals surface area contributed by atoms with Crippen molar-refractivity contribution in [1.29, 1.82) is 0 Å². The lowest BCUT2D eigenvalue weighted by Gasteiger charge is -2.52. The average molecular weight is 386 g/mol. The van der Waals surface area contributed by atoms with Gasteiger partial charge in [-0.05, 0) is 68.8 Å². The predicted molar refractivity (Wildman–Crippen MR) is 98.4 cm³/mol. The Kier molecular flexibility index (Phi) is 5.47. The standard InChI is InChI=1S/C18H21F3N2O2S/c1-22-9-3-4-14-11-12-10-13(19)7-8-16(12)23(26(14,24)25)17-6-2-5-15(20)18(17)21/h2,5-8,10,14,22,24-25H,3-4,9,11H2,1H3. The molecule has 0 aromatic heterocycles. The second-order valence-electron chi connectivity index (χ2n) is 6.27. The molecule has 0 amide bonds. The number of fused-ring (bicyclic) bond motifs is 1. The highest BCUT2D eigenvalue weighted by atomic mass is 32.3. The molecule has 2 aromatic carbocycles. The largest absolute Gasteiger partial charge is 0.320 e. The fourth-order valence-electron chi connectivity index (χ4n) is 3.26. The van der Waals surface area contributed by atoms with E-state index >= 15 is 0 Å². The van der Waals surface area contributed by atoms with E-state index in [1.165, 1.54) is 30.3 Å². The second kappa shape index (κ2) is 7.48.